The van der Waals surface area contributed by atoms with Gasteiger partial charge in [-0.2, -0.15) is 0 Å². The zero-order valence-electron chi connectivity index (χ0n) is 16.0. The third kappa shape index (κ3) is 5.64. The molecule has 3 N–H and O–H groups in total. The Bertz CT molecular complexity index is 761. The van der Waals surface area contributed by atoms with Crippen molar-refractivity contribution >= 4 is 21.9 Å². The lowest BCUT2D eigenvalue weighted by molar-refractivity contribution is 0.0386. The molecule has 0 saturated carbocycles. The molecule has 0 aliphatic heterocycles. The number of nitrogens with one attached hydrogen (secondary N) is 2. The monoisotopic (exact) mass is 439 g/mol. The van der Waals surface area contributed by atoms with Gasteiger partial charge in [-0.25, -0.2) is 4.99 Å². The number of aliphatic hydroxyl groups is 1. The molecule has 0 fully saturated rings. The van der Waals surface area contributed by atoms with Gasteiger partial charge in [-0.15, -0.1) is 0 Å². The number of aliphatic imine (C=N–C) groups is 1. The molecule has 0 aliphatic carbocycles. The van der Waals surface area contributed by atoms with E-state index in [1.807, 2.05) is 19.1 Å². The summed E-state index contributed by atoms with van der Waals surface area (Å²) in [6, 6.07) is 7.31. The average molecular weight is 440 g/mol. The maximum absolute atomic E-state index is 10.6. The molecule has 27 heavy (non-hydrogen) atoms. The molecule has 0 radical (unpaired) electrons. The van der Waals surface area contributed by atoms with Crippen LogP contribution >= 0.6 is 15.9 Å². The first-order valence-corrected chi connectivity index (χ1v) is 9.39. The van der Waals surface area contributed by atoms with E-state index in [2.05, 4.69) is 31.6 Å². The number of furan rings is 1. The highest BCUT2D eigenvalue weighted by Gasteiger charge is 2.26. The normalized spacial score (nSPS) is 13.8. The van der Waals surface area contributed by atoms with Gasteiger partial charge in [0.05, 0.1) is 38.0 Å². The Morgan fingerprint density at radius 1 is 1.30 bits per heavy atom. The van der Waals surface area contributed by atoms with Crippen molar-refractivity contribution in [3.05, 3.63) is 46.3 Å². The predicted octanol–water partition coefficient (Wildman–Crippen LogP) is 3.02. The number of halogens is 1. The van der Waals surface area contributed by atoms with Crippen molar-refractivity contribution in [2.45, 2.75) is 26.0 Å². The molecule has 0 amide bonds. The topological polar surface area (TPSA) is 88.3 Å². The zero-order chi connectivity index (χ0) is 19.9. The molecule has 1 aromatic carbocycles. The number of hydrogen-bond acceptors (Lipinski definition) is 5. The second kappa shape index (κ2) is 9.66. The van der Waals surface area contributed by atoms with Crippen LogP contribution in [0, 0.1) is 0 Å². The van der Waals surface area contributed by atoms with Gasteiger partial charge in [-0.05, 0) is 59.6 Å². The van der Waals surface area contributed by atoms with E-state index in [0.717, 1.165) is 10.0 Å². The molecular weight excluding hydrogens is 414 g/mol. The fourth-order valence-corrected chi connectivity index (χ4v) is 3.15. The van der Waals surface area contributed by atoms with Crippen LogP contribution in [0.1, 0.15) is 25.2 Å². The van der Waals surface area contributed by atoms with Gasteiger partial charge in [0.15, 0.2) is 17.5 Å². The molecule has 2 rings (SSSR count). The molecule has 0 spiro atoms. The Hall–Kier alpha value is -2.19. The average Bonchev–Trinajstić information content (AvgIpc) is 3.19. The highest BCUT2D eigenvalue weighted by molar-refractivity contribution is 9.10. The first kappa shape index (κ1) is 21.1. The predicted molar refractivity (Wildman–Crippen MR) is 108 cm³/mol. The summed E-state index contributed by atoms with van der Waals surface area (Å²) in [5, 5.41) is 16.9. The van der Waals surface area contributed by atoms with Gasteiger partial charge >= 0.3 is 0 Å². The molecule has 1 atom stereocenters. The minimum Gasteiger partial charge on any atom is -0.493 e. The second-order valence-corrected chi connectivity index (χ2v) is 6.97. The lowest BCUT2D eigenvalue weighted by Crippen LogP contribution is -2.44. The molecular formula is C19H26BrN3O4. The summed E-state index contributed by atoms with van der Waals surface area (Å²) in [4.78, 5) is 4.58. The van der Waals surface area contributed by atoms with Gasteiger partial charge in [-0.3, -0.25) is 0 Å². The van der Waals surface area contributed by atoms with E-state index in [0.29, 0.717) is 36.3 Å². The van der Waals surface area contributed by atoms with E-state index in [-0.39, 0.29) is 6.54 Å². The Morgan fingerprint density at radius 3 is 2.67 bits per heavy atom. The molecule has 0 bridgehead atoms. The van der Waals surface area contributed by atoms with Gasteiger partial charge in [0.2, 0.25) is 0 Å². The van der Waals surface area contributed by atoms with Crippen LogP contribution in [0.4, 0.5) is 0 Å². The molecule has 2 aromatic rings. The smallest absolute Gasteiger partial charge is 0.191 e. The SMILES string of the molecule is CCNC(=NCc1cc(Br)c(OC)c(OC)c1)NCC(C)(O)c1ccco1. The van der Waals surface area contributed by atoms with E-state index >= 15 is 0 Å². The summed E-state index contributed by atoms with van der Waals surface area (Å²) in [5.41, 5.74) is -0.194. The van der Waals surface area contributed by atoms with Crippen LogP contribution in [0.15, 0.2) is 44.4 Å². The maximum Gasteiger partial charge on any atom is 0.191 e. The van der Waals surface area contributed by atoms with Crippen LogP contribution in [-0.2, 0) is 12.1 Å². The molecule has 7 nitrogen and oxygen atoms in total. The van der Waals surface area contributed by atoms with E-state index in [9.17, 15) is 5.11 Å². The summed E-state index contributed by atoms with van der Waals surface area (Å²) in [5.74, 6) is 2.37. The number of nitrogens with zero attached hydrogens (tertiary/aromatic N) is 1. The van der Waals surface area contributed by atoms with E-state index < -0.39 is 5.60 Å². The molecule has 1 aromatic heterocycles. The van der Waals surface area contributed by atoms with Crippen molar-refractivity contribution in [1.82, 2.24) is 10.6 Å². The number of benzene rings is 1. The fraction of sp³-hybridized carbons (Fsp3) is 0.421. The van der Waals surface area contributed by atoms with Crippen LogP contribution in [-0.4, -0.2) is 38.4 Å². The summed E-state index contributed by atoms with van der Waals surface area (Å²) < 4.78 is 16.8. The minimum absolute atomic E-state index is 0.252. The number of ether oxygens (including phenoxy) is 2. The molecule has 1 heterocycles. The van der Waals surface area contributed by atoms with Crippen LogP contribution in [0.25, 0.3) is 0 Å². The highest BCUT2D eigenvalue weighted by Crippen LogP contribution is 2.36. The zero-order valence-corrected chi connectivity index (χ0v) is 17.6. The first-order valence-electron chi connectivity index (χ1n) is 8.60. The number of rotatable bonds is 8. The van der Waals surface area contributed by atoms with E-state index in [1.54, 1.807) is 33.3 Å². The van der Waals surface area contributed by atoms with Gasteiger partial charge in [0.1, 0.15) is 11.4 Å². The summed E-state index contributed by atoms with van der Waals surface area (Å²) in [6.07, 6.45) is 1.54. The fourth-order valence-electron chi connectivity index (χ4n) is 2.50. The van der Waals surface area contributed by atoms with Crippen molar-refractivity contribution in [3.8, 4) is 11.5 Å². The van der Waals surface area contributed by atoms with Crippen molar-refractivity contribution in [1.29, 1.82) is 0 Å². The third-order valence-electron chi connectivity index (χ3n) is 3.91. The van der Waals surface area contributed by atoms with E-state index in [4.69, 9.17) is 13.9 Å². The van der Waals surface area contributed by atoms with Crippen LogP contribution < -0.4 is 20.1 Å². The minimum atomic E-state index is -1.15. The molecule has 0 saturated heterocycles. The lowest BCUT2D eigenvalue weighted by Gasteiger charge is -2.22. The lowest BCUT2D eigenvalue weighted by atomic mass is 10.0. The number of methoxy groups -OCH3 is 2. The van der Waals surface area contributed by atoms with Crippen LogP contribution in [0.2, 0.25) is 0 Å². The van der Waals surface area contributed by atoms with Gasteiger partial charge in [-0.1, -0.05) is 0 Å². The third-order valence-corrected chi connectivity index (χ3v) is 4.50. The van der Waals surface area contributed by atoms with Crippen LogP contribution in [0.3, 0.4) is 0 Å². The molecule has 1 unspecified atom stereocenters. The Labute approximate surface area is 167 Å². The Kier molecular flexibility index (Phi) is 7.55. The van der Waals surface area contributed by atoms with Crippen molar-refractivity contribution < 1.29 is 19.0 Å². The maximum atomic E-state index is 10.6. The van der Waals surface area contributed by atoms with Crippen molar-refractivity contribution in [2.75, 3.05) is 27.3 Å². The molecule has 8 heteroatoms. The highest BCUT2D eigenvalue weighted by atomic mass is 79.9. The standard InChI is InChI=1S/C19H26BrN3O4/c1-5-21-18(23-12-19(2,24)16-7-6-8-27-16)22-11-13-9-14(20)17(26-4)15(10-13)25-3/h6-10,24H,5,11-12H2,1-4H3,(H2,21,22,23). The molecule has 148 valence electrons. The summed E-state index contributed by atoms with van der Waals surface area (Å²) in [6.45, 7) is 5.05. The Morgan fingerprint density at radius 2 is 2.07 bits per heavy atom. The first-order chi connectivity index (χ1) is 12.9. The van der Waals surface area contributed by atoms with Crippen LogP contribution in [0.5, 0.6) is 11.5 Å². The molecule has 0 aliphatic rings. The van der Waals surface area contributed by atoms with Crippen molar-refractivity contribution in [3.63, 3.8) is 0 Å². The quantitative estimate of drug-likeness (QED) is 0.432. The summed E-state index contributed by atoms with van der Waals surface area (Å²) >= 11 is 3.49. The van der Waals surface area contributed by atoms with Gasteiger partial charge < -0.3 is 29.6 Å². The van der Waals surface area contributed by atoms with Gasteiger partial charge in [0.25, 0.3) is 0 Å². The van der Waals surface area contributed by atoms with Crippen molar-refractivity contribution in [2.24, 2.45) is 4.99 Å². The number of hydrogen-bond donors (Lipinski definition) is 3. The Balaban J connectivity index is 2.10. The summed E-state index contributed by atoms with van der Waals surface area (Å²) in [7, 11) is 3.19. The second-order valence-electron chi connectivity index (χ2n) is 6.11. The van der Waals surface area contributed by atoms with E-state index in [1.165, 1.54) is 6.26 Å². The number of guanidine groups is 1. The van der Waals surface area contributed by atoms with Gasteiger partial charge in [0, 0.05) is 6.54 Å². The largest absolute Gasteiger partial charge is 0.493 e.